The van der Waals surface area contributed by atoms with Gasteiger partial charge < -0.3 is 14.8 Å². The number of aromatic amines is 1. The Balaban J connectivity index is 1.45. The molecule has 4 rings (SSSR count). The second-order valence-corrected chi connectivity index (χ2v) is 7.32. The molecule has 142 valence electrons. The molecule has 0 bridgehead atoms. The molecule has 7 heteroatoms. The zero-order valence-corrected chi connectivity index (χ0v) is 16.3. The van der Waals surface area contributed by atoms with Crippen molar-refractivity contribution in [3.63, 3.8) is 0 Å². The number of hydrogen-bond acceptors (Lipinski definition) is 4. The number of piperidine rings is 1. The van der Waals surface area contributed by atoms with Gasteiger partial charge in [-0.3, -0.25) is 4.79 Å². The van der Waals surface area contributed by atoms with Gasteiger partial charge in [-0.25, -0.2) is 9.97 Å². The number of carbonyl (C=O) groups is 1. The summed E-state index contributed by atoms with van der Waals surface area (Å²) in [5.41, 5.74) is 2.00. The zero-order chi connectivity index (χ0) is 19.7. The van der Waals surface area contributed by atoms with Crippen LogP contribution in [0.15, 0.2) is 36.8 Å². The van der Waals surface area contributed by atoms with E-state index in [2.05, 4.69) is 25.8 Å². The molecule has 1 N–H and O–H groups in total. The lowest BCUT2D eigenvalue weighted by Crippen LogP contribution is -2.46. The smallest absolute Gasteiger partial charge is 0.255 e. The van der Waals surface area contributed by atoms with E-state index in [-0.39, 0.29) is 5.91 Å². The molecule has 0 aliphatic carbocycles. The first kappa shape index (κ1) is 18.3. The number of nitrogens with zero attached hydrogens (tertiary/aromatic N) is 4. The maximum absolute atomic E-state index is 12.9. The third-order valence-electron chi connectivity index (χ3n) is 5.33. The summed E-state index contributed by atoms with van der Waals surface area (Å²) in [5.74, 6) is 3.39. The van der Waals surface area contributed by atoms with Gasteiger partial charge in [0.2, 0.25) is 0 Å². The van der Waals surface area contributed by atoms with Crippen LogP contribution in [0.5, 0.6) is 0 Å². The number of halogens is 1. The maximum atomic E-state index is 12.9. The Morgan fingerprint density at radius 3 is 2.82 bits per heavy atom. The van der Waals surface area contributed by atoms with Crippen molar-refractivity contribution in [1.82, 2.24) is 19.9 Å². The Morgan fingerprint density at radius 1 is 1.32 bits per heavy atom. The monoisotopic (exact) mass is 393 g/mol. The van der Waals surface area contributed by atoms with Gasteiger partial charge in [-0.2, -0.15) is 0 Å². The van der Waals surface area contributed by atoms with E-state index in [4.69, 9.17) is 18.0 Å². The van der Waals surface area contributed by atoms with Gasteiger partial charge >= 0.3 is 0 Å². The Bertz CT molecular complexity index is 1060. The lowest BCUT2D eigenvalue weighted by atomic mass is 10.0. The average molecular weight is 394 g/mol. The van der Waals surface area contributed by atoms with Crippen LogP contribution in [-0.2, 0) is 0 Å². The van der Waals surface area contributed by atoms with Gasteiger partial charge in [0.25, 0.3) is 5.91 Å². The Hall–Kier alpha value is -3.04. The van der Waals surface area contributed by atoms with E-state index in [1.807, 2.05) is 24.2 Å². The Kier molecular flexibility index (Phi) is 4.93. The molecule has 1 aromatic carbocycles. The van der Waals surface area contributed by atoms with Crippen LogP contribution in [0.4, 0.5) is 5.82 Å². The number of fused-ring (bicyclic) bond motifs is 1. The van der Waals surface area contributed by atoms with Crippen LogP contribution in [0.2, 0.25) is 5.02 Å². The first-order chi connectivity index (χ1) is 13.6. The topological polar surface area (TPSA) is 65.1 Å². The standard InChI is InChI=1S/C21H20ClN5O/c1-3-14-4-5-16(18(22)12-14)21(28)27-10-7-15(8-11-27)26(2)20-17-6-9-23-19(17)24-13-25-20/h1,4-6,9,12-13,15H,7-8,10-11H2,2H3,(H,23,24,25). The van der Waals surface area contributed by atoms with Crippen molar-refractivity contribution in [3.05, 3.63) is 52.9 Å². The van der Waals surface area contributed by atoms with Gasteiger partial charge in [-0.1, -0.05) is 17.5 Å². The molecule has 0 radical (unpaired) electrons. The molecule has 0 unspecified atom stereocenters. The third-order valence-corrected chi connectivity index (χ3v) is 5.65. The maximum Gasteiger partial charge on any atom is 0.255 e. The highest BCUT2D eigenvalue weighted by Gasteiger charge is 2.28. The number of aromatic nitrogens is 3. The van der Waals surface area contributed by atoms with E-state index in [0.29, 0.717) is 35.3 Å². The van der Waals surface area contributed by atoms with Gasteiger partial charge in [-0.15, -0.1) is 6.42 Å². The van der Waals surface area contributed by atoms with E-state index in [1.165, 1.54) is 0 Å². The largest absolute Gasteiger partial charge is 0.356 e. The minimum absolute atomic E-state index is 0.0512. The van der Waals surface area contributed by atoms with Crippen LogP contribution >= 0.6 is 11.6 Å². The van der Waals surface area contributed by atoms with Crippen LogP contribution in [0.3, 0.4) is 0 Å². The third kappa shape index (κ3) is 3.30. The van der Waals surface area contributed by atoms with Crippen molar-refractivity contribution in [2.75, 3.05) is 25.0 Å². The molecule has 3 aromatic rings. The molecule has 1 aliphatic rings. The number of benzene rings is 1. The predicted octanol–water partition coefficient (Wildman–Crippen LogP) is 3.33. The second kappa shape index (κ2) is 7.53. The summed E-state index contributed by atoms with van der Waals surface area (Å²) in [6, 6.07) is 7.41. The molecule has 1 amide bonds. The molecular weight excluding hydrogens is 374 g/mol. The second-order valence-electron chi connectivity index (χ2n) is 6.91. The summed E-state index contributed by atoms with van der Waals surface area (Å²) in [6.07, 6.45) is 10.5. The number of nitrogens with one attached hydrogen (secondary N) is 1. The predicted molar refractivity (Wildman–Crippen MR) is 111 cm³/mol. The van der Waals surface area contributed by atoms with Crippen molar-refractivity contribution < 1.29 is 4.79 Å². The van der Waals surface area contributed by atoms with Crippen LogP contribution in [0, 0.1) is 12.3 Å². The highest BCUT2D eigenvalue weighted by molar-refractivity contribution is 6.34. The van der Waals surface area contributed by atoms with Crippen LogP contribution in [0.25, 0.3) is 11.0 Å². The SMILES string of the molecule is C#Cc1ccc(C(=O)N2CCC(N(C)c3ncnc4[nH]ccc34)CC2)c(Cl)c1. The minimum atomic E-state index is -0.0512. The number of rotatable bonds is 3. The van der Waals surface area contributed by atoms with E-state index >= 15 is 0 Å². The number of likely N-dealkylation sites (tertiary alicyclic amines) is 1. The van der Waals surface area contributed by atoms with Gasteiger partial charge in [-0.05, 0) is 37.1 Å². The van der Waals surface area contributed by atoms with E-state index in [1.54, 1.807) is 24.5 Å². The quantitative estimate of drug-likeness (QED) is 0.693. The summed E-state index contributed by atoms with van der Waals surface area (Å²) in [5, 5.41) is 1.40. The van der Waals surface area contributed by atoms with Crippen LogP contribution < -0.4 is 4.90 Å². The first-order valence-electron chi connectivity index (χ1n) is 9.15. The van der Waals surface area contributed by atoms with E-state index in [9.17, 15) is 4.79 Å². The van der Waals surface area contributed by atoms with Gasteiger partial charge in [0.1, 0.15) is 17.8 Å². The summed E-state index contributed by atoms with van der Waals surface area (Å²) < 4.78 is 0. The molecule has 0 atom stereocenters. The molecule has 1 aliphatic heterocycles. The van der Waals surface area contributed by atoms with E-state index < -0.39 is 0 Å². The summed E-state index contributed by atoms with van der Waals surface area (Å²) in [7, 11) is 2.05. The Labute approximate surface area is 168 Å². The molecule has 28 heavy (non-hydrogen) atoms. The van der Waals surface area contributed by atoms with E-state index in [0.717, 1.165) is 29.7 Å². The Morgan fingerprint density at radius 2 is 2.11 bits per heavy atom. The average Bonchev–Trinajstić information content (AvgIpc) is 3.21. The van der Waals surface area contributed by atoms with Gasteiger partial charge in [0, 0.05) is 37.9 Å². The van der Waals surface area contributed by atoms with Gasteiger partial charge in [0.15, 0.2) is 0 Å². The van der Waals surface area contributed by atoms with Crippen LogP contribution in [-0.4, -0.2) is 51.9 Å². The molecule has 0 saturated carbocycles. The summed E-state index contributed by atoms with van der Waals surface area (Å²) in [4.78, 5) is 28.7. The minimum Gasteiger partial charge on any atom is -0.356 e. The number of hydrogen-bond donors (Lipinski definition) is 1. The number of terminal acetylenes is 1. The highest BCUT2D eigenvalue weighted by Crippen LogP contribution is 2.27. The molecular formula is C21H20ClN5O. The zero-order valence-electron chi connectivity index (χ0n) is 15.5. The van der Waals surface area contributed by atoms with Gasteiger partial charge in [0.05, 0.1) is 16.0 Å². The summed E-state index contributed by atoms with van der Waals surface area (Å²) >= 11 is 6.26. The fourth-order valence-corrected chi connectivity index (χ4v) is 3.98. The van der Waals surface area contributed by atoms with Crippen molar-refractivity contribution >= 4 is 34.4 Å². The first-order valence-corrected chi connectivity index (χ1v) is 9.52. The molecule has 0 spiro atoms. The fourth-order valence-electron chi connectivity index (χ4n) is 3.72. The molecule has 2 aromatic heterocycles. The van der Waals surface area contributed by atoms with Crippen molar-refractivity contribution in [3.8, 4) is 12.3 Å². The number of anilines is 1. The van der Waals surface area contributed by atoms with Crippen LogP contribution in [0.1, 0.15) is 28.8 Å². The fraction of sp³-hybridized carbons (Fsp3) is 0.286. The number of H-pyrrole nitrogens is 1. The lowest BCUT2D eigenvalue weighted by Gasteiger charge is -2.37. The molecule has 1 saturated heterocycles. The van der Waals surface area contributed by atoms with Crippen molar-refractivity contribution in [1.29, 1.82) is 0 Å². The number of carbonyl (C=O) groups excluding carboxylic acids is 1. The van der Waals surface area contributed by atoms with Crippen molar-refractivity contribution in [2.45, 2.75) is 18.9 Å². The number of amides is 1. The highest BCUT2D eigenvalue weighted by atomic mass is 35.5. The van der Waals surface area contributed by atoms with Crippen molar-refractivity contribution in [2.24, 2.45) is 0 Å². The summed E-state index contributed by atoms with van der Waals surface area (Å²) in [6.45, 7) is 1.34. The lowest BCUT2D eigenvalue weighted by molar-refractivity contribution is 0.0713. The molecule has 3 heterocycles. The molecule has 6 nitrogen and oxygen atoms in total. The molecule has 1 fully saturated rings. The normalized spacial score (nSPS) is 14.8.